The van der Waals surface area contributed by atoms with Crippen LogP contribution in [0.15, 0.2) is 18.2 Å². The lowest BCUT2D eigenvalue weighted by molar-refractivity contribution is 0.103. The highest BCUT2D eigenvalue weighted by Crippen LogP contribution is 2.19. The minimum Gasteiger partial charge on any atom is -0.491 e. The molecule has 1 rings (SSSR count). The fraction of sp³-hybridized carbons (Fsp3) is 0.625. The van der Waals surface area contributed by atoms with Gasteiger partial charge in [0.1, 0.15) is 18.5 Å². The third-order valence-corrected chi connectivity index (χ3v) is 4.13. The molecule has 4 nitrogen and oxygen atoms in total. The Balaban J connectivity index is 2.29. The van der Waals surface area contributed by atoms with Crippen LogP contribution in [0.25, 0.3) is 0 Å². The molecule has 0 aliphatic carbocycles. The maximum atomic E-state index is 11.0. The van der Waals surface area contributed by atoms with E-state index in [4.69, 9.17) is 4.74 Å². The lowest BCUT2D eigenvalue weighted by Gasteiger charge is -2.18. The van der Waals surface area contributed by atoms with Crippen molar-refractivity contribution in [3.63, 3.8) is 0 Å². The Morgan fingerprint density at radius 3 is 2.76 bits per heavy atom. The molecule has 1 aromatic rings. The van der Waals surface area contributed by atoms with Crippen LogP contribution in [0.3, 0.4) is 0 Å². The number of rotatable bonds is 9. The smallest absolute Gasteiger partial charge is 0.122 e. The molecule has 0 amide bonds. The van der Waals surface area contributed by atoms with Crippen LogP contribution in [-0.2, 0) is 10.8 Å². The number of nitrogens with one attached hydrogen (secondary N) is 1. The van der Waals surface area contributed by atoms with Crippen LogP contribution in [0.2, 0.25) is 0 Å². The molecule has 120 valence electrons. The number of aliphatic hydroxyl groups excluding tert-OH is 1. The molecule has 0 bridgehead atoms. The number of hydrogen-bond acceptors (Lipinski definition) is 4. The van der Waals surface area contributed by atoms with E-state index in [1.807, 2.05) is 39.0 Å². The second kappa shape index (κ2) is 9.18. The molecule has 1 aromatic carbocycles. The number of hydrogen-bond donors (Lipinski definition) is 2. The lowest BCUT2D eigenvalue weighted by atomic mass is 10.1. The average Bonchev–Trinajstić information content (AvgIpc) is 2.43. The van der Waals surface area contributed by atoms with Crippen LogP contribution in [0, 0.1) is 13.8 Å². The van der Waals surface area contributed by atoms with Crippen LogP contribution < -0.4 is 10.1 Å². The van der Waals surface area contributed by atoms with Crippen LogP contribution in [-0.4, -0.2) is 46.6 Å². The number of aliphatic hydroxyl groups is 1. The van der Waals surface area contributed by atoms with Crippen molar-refractivity contribution in [1.82, 2.24) is 5.32 Å². The highest BCUT2D eigenvalue weighted by molar-refractivity contribution is 7.84. The van der Waals surface area contributed by atoms with Crippen molar-refractivity contribution in [3.8, 4) is 5.75 Å². The summed E-state index contributed by atoms with van der Waals surface area (Å²) in [4.78, 5) is 0. The number of aryl methyl sites for hydroxylation is 2. The van der Waals surface area contributed by atoms with Crippen molar-refractivity contribution in [3.05, 3.63) is 29.3 Å². The molecule has 0 saturated heterocycles. The minimum atomic E-state index is -0.761. The van der Waals surface area contributed by atoms with Crippen molar-refractivity contribution in [1.29, 1.82) is 0 Å². The van der Waals surface area contributed by atoms with E-state index in [-0.39, 0.29) is 12.6 Å². The van der Waals surface area contributed by atoms with Gasteiger partial charge in [-0.05, 0) is 44.4 Å². The van der Waals surface area contributed by atoms with Crippen LogP contribution >= 0.6 is 0 Å². The van der Waals surface area contributed by atoms with Gasteiger partial charge in [0.2, 0.25) is 0 Å². The first-order valence-corrected chi connectivity index (χ1v) is 9.02. The zero-order valence-electron chi connectivity index (χ0n) is 13.4. The van der Waals surface area contributed by atoms with Gasteiger partial charge in [-0.15, -0.1) is 0 Å². The summed E-state index contributed by atoms with van der Waals surface area (Å²) in [6.45, 7) is 6.78. The monoisotopic (exact) mass is 313 g/mol. The summed E-state index contributed by atoms with van der Waals surface area (Å²) in [5.41, 5.74) is 2.21. The summed E-state index contributed by atoms with van der Waals surface area (Å²) in [5.74, 6) is 1.51. The van der Waals surface area contributed by atoms with E-state index in [0.29, 0.717) is 12.3 Å². The van der Waals surface area contributed by atoms with E-state index in [9.17, 15) is 9.32 Å². The summed E-state index contributed by atoms with van der Waals surface area (Å²) >= 11 is 0. The largest absolute Gasteiger partial charge is 0.491 e. The standard InChI is InChI=1S/C16H27NO3S/c1-12-5-6-13(2)16(9-12)20-11-15(18)10-17-14(3)7-8-21(4)19/h5-6,9,14-15,17-18H,7-8,10-11H2,1-4H3. The molecule has 0 aliphatic heterocycles. The second-order valence-electron chi connectivity index (χ2n) is 5.61. The van der Waals surface area contributed by atoms with Gasteiger partial charge in [-0.2, -0.15) is 0 Å². The van der Waals surface area contributed by atoms with E-state index in [0.717, 1.165) is 23.3 Å². The van der Waals surface area contributed by atoms with Gasteiger partial charge >= 0.3 is 0 Å². The molecule has 3 unspecified atom stereocenters. The molecule has 0 spiro atoms. The van der Waals surface area contributed by atoms with Gasteiger partial charge in [0.15, 0.2) is 0 Å². The Bertz CT molecular complexity index is 465. The third kappa shape index (κ3) is 7.60. The van der Waals surface area contributed by atoms with Crippen molar-refractivity contribution in [2.75, 3.05) is 25.2 Å². The maximum absolute atomic E-state index is 11.0. The summed E-state index contributed by atoms with van der Waals surface area (Å²) in [6.07, 6.45) is 1.99. The first-order chi connectivity index (χ1) is 9.88. The highest BCUT2D eigenvalue weighted by atomic mass is 32.2. The Hall–Kier alpha value is -0.910. The third-order valence-electron chi connectivity index (χ3n) is 3.32. The number of ether oxygens (including phenoxy) is 1. The van der Waals surface area contributed by atoms with Gasteiger partial charge in [-0.25, -0.2) is 0 Å². The average molecular weight is 313 g/mol. The molecule has 0 aliphatic rings. The van der Waals surface area contributed by atoms with Gasteiger partial charge in [-0.3, -0.25) is 4.21 Å². The van der Waals surface area contributed by atoms with Crippen LogP contribution in [0.4, 0.5) is 0 Å². The normalized spacial score (nSPS) is 15.5. The summed E-state index contributed by atoms with van der Waals surface area (Å²) in [7, 11) is -0.761. The second-order valence-corrected chi connectivity index (χ2v) is 7.16. The number of benzene rings is 1. The zero-order chi connectivity index (χ0) is 15.8. The predicted molar refractivity (Wildman–Crippen MR) is 88.4 cm³/mol. The van der Waals surface area contributed by atoms with E-state index >= 15 is 0 Å². The van der Waals surface area contributed by atoms with Gasteiger partial charge in [-0.1, -0.05) is 12.1 Å². The summed E-state index contributed by atoms with van der Waals surface area (Å²) in [5, 5.41) is 13.2. The summed E-state index contributed by atoms with van der Waals surface area (Å²) in [6, 6.07) is 6.28. The molecule has 2 N–H and O–H groups in total. The SMILES string of the molecule is Cc1ccc(C)c(OCC(O)CNC(C)CCS(C)=O)c1. The quantitative estimate of drug-likeness (QED) is 0.730. The molecular formula is C16H27NO3S. The molecule has 0 saturated carbocycles. The predicted octanol–water partition coefficient (Wildman–Crippen LogP) is 1.79. The topological polar surface area (TPSA) is 58.6 Å². The van der Waals surface area contributed by atoms with E-state index in [1.54, 1.807) is 6.26 Å². The molecule has 5 heteroatoms. The Morgan fingerprint density at radius 1 is 1.38 bits per heavy atom. The van der Waals surface area contributed by atoms with Crippen molar-refractivity contribution in [2.24, 2.45) is 0 Å². The Labute approximate surface area is 130 Å². The fourth-order valence-electron chi connectivity index (χ4n) is 1.89. The van der Waals surface area contributed by atoms with E-state index < -0.39 is 16.9 Å². The van der Waals surface area contributed by atoms with Crippen LogP contribution in [0.1, 0.15) is 24.5 Å². The van der Waals surface area contributed by atoms with E-state index in [1.165, 1.54) is 0 Å². The van der Waals surface area contributed by atoms with Gasteiger partial charge in [0.05, 0.1) is 0 Å². The molecular weight excluding hydrogens is 286 g/mol. The van der Waals surface area contributed by atoms with Gasteiger partial charge in [0, 0.05) is 35.4 Å². The molecule has 3 atom stereocenters. The van der Waals surface area contributed by atoms with Gasteiger partial charge in [0.25, 0.3) is 0 Å². The molecule has 0 radical (unpaired) electrons. The Kier molecular flexibility index (Phi) is 7.93. The van der Waals surface area contributed by atoms with Crippen molar-refractivity contribution < 1.29 is 14.1 Å². The summed E-state index contributed by atoms with van der Waals surface area (Å²) < 4.78 is 16.7. The zero-order valence-corrected chi connectivity index (χ0v) is 14.2. The molecule has 0 heterocycles. The molecule has 0 aromatic heterocycles. The highest BCUT2D eigenvalue weighted by Gasteiger charge is 2.09. The first kappa shape index (κ1) is 18.1. The molecule has 21 heavy (non-hydrogen) atoms. The Morgan fingerprint density at radius 2 is 2.10 bits per heavy atom. The van der Waals surface area contributed by atoms with Crippen LogP contribution in [0.5, 0.6) is 5.75 Å². The lowest BCUT2D eigenvalue weighted by Crippen LogP contribution is -2.37. The fourth-order valence-corrected chi connectivity index (χ4v) is 2.58. The van der Waals surface area contributed by atoms with Crippen molar-refractivity contribution in [2.45, 2.75) is 39.3 Å². The first-order valence-electron chi connectivity index (χ1n) is 7.30. The van der Waals surface area contributed by atoms with Crippen molar-refractivity contribution >= 4 is 10.8 Å². The minimum absolute atomic E-state index is 0.240. The van der Waals surface area contributed by atoms with Gasteiger partial charge < -0.3 is 15.2 Å². The van der Waals surface area contributed by atoms with E-state index in [2.05, 4.69) is 5.32 Å². The maximum Gasteiger partial charge on any atom is 0.122 e. The molecule has 0 fully saturated rings.